The van der Waals surface area contributed by atoms with Crippen molar-refractivity contribution >= 4 is 21.7 Å². The largest absolute Gasteiger partial charge is 0.370 e. The highest BCUT2D eigenvalue weighted by Gasteiger charge is 2.00. The molecule has 0 radical (unpaired) electrons. The fraction of sp³-hybridized carbons (Fsp3) is 0.286. The first-order valence-corrected chi connectivity index (χ1v) is 6.72. The number of hydrogen-bond acceptors (Lipinski definition) is 3. The first-order valence-electron chi connectivity index (χ1n) is 5.93. The zero-order valence-electron chi connectivity index (χ0n) is 10.6. The number of aryl methyl sites for hydroxylation is 2. The second-order valence-electron chi connectivity index (χ2n) is 4.24. The molecule has 2 aromatic rings. The first-order chi connectivity index (χ1) is 8.66. The average molecular weight is 306 g/mol. The normalized spacial score (nSPS) is 10.4. The molecule has 0 unspecified atom stereocenters. The van der Waals surface area contributed by atoms with Gasteiger partial charge in [-0.25, -0.2) is 4.98 Å². The number of nitrogens with zero attached hydrogens (tertiary/aromatic N) is 2. The van der Waals surface area contributed by atoms with Crippen molar-refractivity contribution in [3.8, 4) is 0 Å². The summed E-state index contributed by atoms with van der Waals surface area (Å²) in [5.74, 6) is 0.919. The Balaban J connectivity index is 1.92. The molecular weight excluding hydrogens is 290 g/mol. The van der Waals surface area contributed by atoms with Crippen LogP contribution in [-0.2, 0) is 6.42 Å². The Morgan fingerprint density at radius 2 is 2.06 bits per heavy atom. The van der Waals surface area contributed by atoms with Crippen LogP contribution >= 0.6 is 15.9 Å². The van der Waals surface area contributed by atoms with Crippen molar-refractivity contribution < 1.29 is 0 Å². The summed E-state index contributed by atoms with van der Waals surface area (Å²) in [5, 5.41) is 3.34. The van der Waals surface area contributed by atoms with E-state index in [1.165, 1.54) is 11.1 Å². The van der Waals surface area contributed by atoms with E-state index < -0.39 is 0 Å². The van der Waals surface area contributed by atoms with Crippen LogP contribution in [-0.4, -0.2) is 16.5 Å². The highest BCUT2D eigenvalue weighted by molar-refractivity contribution is 9.10. The Bertz CT molecular complexity index is 540. The summed E-state index contributed by atoms with van der Waals surface area (Å²) in [5.41, 5.74) is 3.56. The van der Waals surface area contributed by atoms with Crippen molar-refractivity contribution in [1.82, 2.24) is 9.97 Å². The van der Waals surface area contributed by atoms with Crippen molar-refractivity contribution in [3.05, 3.63) is 51.9 Å². The lowest BCUT2D eigenvalue weighted by molar-refractivity contribution is 0.980. The average Bonchev–Trinajstić information content (AvgIpc) is 2.36. The molecule has 4 heteroatoms. The topological polar surface area (TPSA) is 37.8 Å². The third-order valence-corrected chi connectivity index (χ3v) is 3.70. The lowest BCUT2D eigenvalue weighted by Gasteiger charge is -2.08. The molecule has 0 aliphatic heterocycles. The summed E-state index contributed by atoms with van der Waals surface area (Å²) < 4.78 is 1.04. The van der Waals surface area contributed by atoms with Gasteiger partial charge in [-0.3, -0.25) is 4.98 Å². The van der Waals surface area contributed by atoms with Gasteiger partial charge in [-0.05, 0) is 65.5 Å². The fourth-order valence-corrected chi connectivity index (χ4v) is 1.97. The van der Waals surface area contributed by atoms with Gasteiger partial charge in [0, 0.05) is 23.4 Å². The molecule has 2 heterocycles. The van der Waals surface area contributed by atoms with Gasteiger partial charge in [0.25, 0.3) is 0 Å². The SMILES string of the molecule is Cc1cnccc1CCNc1ccc(Br)c(C)n1. The molecule has 18 heavy (non-hydrogen) atoms. The number of aromatic nitrogens is 2. The van der Waals surface area contributed by atoms with Crippen molar-refractivity contribution in [1.29, 1.82) is 0 Å². The van der Waals surface area contributed by atoms with Crippen LogP contribution in [0.5, 0.6) is 0 Å². The molecular formula is C14H16BrN3. The molecule has 3 nitrogen and oxygen atoms in total. The van der Waals surface area contributed by atoms with E-state index in [4.69, 9.17) is 0 Å². The van der Waals surface area contributed by atoms with E-state index in [0.29, 0.717) is 0 Å². The standard InChI is InChI=1S/C14H16BrN3/c1-10-9-16-7-5-12(10)6-8-17-14-4-3-13(15)11(2)18-14/h3-5,7,9H,6,8H2,1-2H3,(H,17,18). The smallest absolute Gasteiger partial charge is 0.126 e. The van der Waals surface area contributed by atoms with Gasteiger partial charge in [-0.15, -0.1) is 0 Å². The number of pyridine rings is 2. The lowest BCUT2D eigenvalue weighted by atomic mass is 10.1. The fourth-order valence-electron chi connectivity index (χ4n) is 1.75. The predicted octanol–water partition coefficient (Wildman–Crippen LogP) is 3.51. The quantitative estimate of drug-likeness (QED) is 0.939. The van der Waals surface area contributed by atoms with E-state index in [1.807, 2.05) is 31.5 Å². The third kappa shape index (κ3) is 3.29. The molecule has 0 amide bonds. The van der Waals surface area contributed by atoms with Gasteiger partial charge < -0.3 is 5.32 Å². The minimum atomic E-state index is 0.874. The van der Waals surface area contributed by atoms with Gasteiger partial charge in [0.05, 0.1) is 5.69 Å². The van der Waals surface area contributed by atoms with E-state index >= 15 is 0 Å². The van der Waals surface area contributed by atoms with Crippen LogP contribution in [0.2, 0.25) is 0 Å². The van der Waals surface area contributed by atoms with E-state index in [2.05, 4.69) is 44.2 Å². The molecule has 2 aromatic heterocycles. The van der Waals surface area contributed by atoms with Crippen molar-refractivity contribution in [2.75, 3.05) is 11.9 Å². The van der Waals surface area contributed by atoms with Gasteiger partial charge in [0.15, 0.2) is 0 Å². The summed E-state index contributed by atoms with van der Waals surface area (Å²) in [7, 11) is 0. The maximum atomic E-state index is 4.46. The molecule has 0 aliphatic carbocycles. The van der Waals surface area contributed by atoms with Crippen LogP contribution in [0.15, 0.2) is 35.1 Å². The first kappa shape index (κ1) is 13.0. The van der Waals surface area contributed by atoms with Crippen LogP contribution in [0.25, 0.3) is 0 Å². The van der Waals surface area contributed by atoms with Crippen molar-refractivity contribution in [3.63, 3.8) is 0 Å². The molecule has 2 rings (SSSR count). The molecule has 1 N–H and O–H groups in total. The van der Waals surface area contributed by atoms with E-state index in [9.17, 15) is 0 Å². The lowest BCUT2D eigenvalue weighted by Crippen LogP contribution is -2.07. The van der Waals surface area contributed by atoms with Crippen LogP contribution in [0.3, 0.4) is 0 Å². The Morgan fingerprint density at radius 3 is 2.78 bits per heavy atom. The maximum absolute atomic E-state index is 4.46. The number of anilines is 1. The van der Waals surface area contributed by atoms with Crippen molar-refractivity contribution in [2.24, 2.45) is 0 Å². The Morgan fingerprint density at radius 1 is 1.22 bits per heavy atom. The van der Waals surface area contributed by atoms with Crippen LogP contribution < -0.4 is 5.32 Å². The maximum Gasteiger partial charge on any atom is 0.126 e. The number of nitrogens with one attached hydrogen (secondary N) is 1. The Hall–Kier alpha value is -1.42. The van der Waals surface area contributed by atoms with Gasteiger partial charge in [-0.1, -0.05) is 0 Å². The summed E-state index contributed by atoms with van der Waals surface area (Å²) in [6, 6.07) is 6.07. The third-order valence-electron chi connectivity index (χ3n) is 2.86. The summed E-state index contributed by atoms with van der Waals surface area (Å²) in [6.45, 7) is 4.95. The van der Waals surface area contributed by atoms with Gasteiger partial charge in [0.1, 0.15) is 5.82 Å². The molecule has 0 bridgehead atoms. The summed E-state index contributed by atoms with van der Waals surface area (Å²) >= 11 is 3.45. The number of rotatable bonds is 4. The van der Waals surface area contributed by atoms with Crippen LogP contribution in [0.4, 0.5) is 5.82 Å². The monoisotopic (exact) mass is 305 g/mol. The van der Waals surface area contributed by atoms with E-state index in [0.717, 1.165) is 29.0 Å². The second-order valence-corrected chi connectivity index (χ2v) is 5.10. The molecule has 0 fully saturated rings. The highest BCUT2D eigenvalue weighted by Crippen LogP contribution is 2.16. The zero-order valence-corrected chi connectivity index (χ0v) is 12.2. The minimum absolute atomic E-state index is 0.874. The predicted molar refractivity (Wildman–Crippen MR) is 77.8 cm³/mol. The highest BCUT2D eigenvalue weighted by atomic mass is 79.9. The van der Waals surface area contributed by atoms with Crippen LogP contribution in [0, 0.1) is 13.8 Å². The Labute approximate surface area is 116 Å². The van der Waals surface area contributed by atoms with Gasteiger partial charge in [-0.2, -0.15) is 0 Å². The minimum Gasteiger partial charge on any atom is -0.370 e. The van der Waals surface area contributed by atoms with Gasteiger partial charge in [0.2, 0.25) is 0 Å². The number of halogens is 1. The summed E-state index contributed by atoms with van der Waals surface area (Å²) in [4.78, 5) is 8.55. The molecule has 0 spiro atoms. The van der Waals surface area contributed by atoms with Crippen molar-refractivity contribution in [2.45, 2.75) is 20.3 Å². The van der Waals surface area contributed by atoms with Crippen LogP contribution in [0.1, 0.15) is 16.8 Å². The summed E-state index contributed by atoms with van der Waals surface area (Å²) in [6.07, 6.45) is 4.72. The molecule has 0 saturated heterocycles. The van der Waals surface area contributed by atoms with E-state index in [1.54, 1.807) is 0 Å². The molecule has 94 valence electrons. The zero-order chi connectivity index (χ0) is 13.0. The molecule has 0 aromatic carbocycles. The molecule has 0 atom stereocenters. The number of hydrogen-bond donors (Lipinski definition) is 1. The van der Waals surface area contributed by atoms with E-state index in [-0.39, 0.29) is 0 Å². The molecule has 0 aliphatic rings. The second kappa shape index (κ2) is 5.96. The Kier molecular flexibility index (Phi) is 4.31. The van der Waals surface area contributed by atoms with Gasteiger partial charge >= 0.3 is 0 Å². The molecule has 0 saturated carbocycles.